The lowest BCUT2D eigenvalue weighted by molar-refractivity contribution is -0.122. The Morgan fingerprint density at radius 1 is 1.14 bits per heavy atom. The minimum absolute atomic E-state index is 0.0549. The number of aromatic amines is 1. The maximum absolute atomic E-state index is 13.0. The van der Waals surface area contributed by atoms with Crippen molar-refractivity contribution >= 4 is 22.5 Å². The van der Waals surface area contributed by atoms with Crippen molar-refractivity contribution in [2.75, 3.05) is 6.61 Å². The maximum atomic E-state index is 13.0. The van der Waals surface area contributed by atoms with Crippen LogP contribution in [0.3, 0.4) is 0 Å². The van der Waals surface area contributed by atoms with Gasteiger partial charge in [0, 0.05) is 11.8 Å². The summed E-state index contributed by atoms with van der Waals surface area (Å²) in [4.78, 5) is 40.2. The van der Waals surface area contributed by atoms with Crippen molar-refractivity contribution in [3.63, 3.8) is 0 Å². The molecule has 2 aliphatic rings. The number of hydrazine groups is 1. The van der Waals surface area contributed by atoms with Crippen molar-refractivity contribution in [1.82, 2.24) is 15.0 Å². The lowest BCUT2D eigenvalue weighted by Gasteiger charge is -2.40. The molecule has 0 bridgehead atoms. The number of H-pyrrole nitrogens is 1. The average molecular weight is 557 g/mol. The Morgan fingerprint density at radius 2 is 1.70 bits per heavy atom. The fraction of sp³-hybridized carbons (Fsp3) is 0.792. The van der Waals surface area contributed by atoms with Gasteiger partial charge < -0.3 is 18.3 Å². The van der Waals surface area contributed by atoms with Crippen LogP contribution in [0.25, 0.3) is 0 Å². The van der Waals surface area contributed by atoms with Crippen LogP contribution >= 0.6 is 0 Å². The summed E-state index contributed by atoms with van der Waals surface area (Å²) in [7, 11) is -4.67. The Kier molecular flexibility index (Phi) is 7.72. The van der Waals surface area contributed by atoms with Crippen LogP contribution in [0.15, 0.2) is 15.8 Å². The first-order valence-corrected chi connectivity index (χ1v) is 18.5. The van der Waals surface area contributed by atoms with E-state index in [0.717, 1.165) is 0 Å². The molecule has 1 aromatic rings. The van der Waals surface area contributed by atoms with Gasteiger partial charge in [0.2, 0.25) is 0 Å². The number of amides is 1. The molecule has 2 saturated heterocycles. The van der Waals surface area contributed by atoms with Gasteiger partial charge in [-0.1, -0.05) is 41.5 Å². The second kappa shape index (κ2) is 9.54. The predicted molar refractivity (Wildman–Crippen MR) is 145 cm³/mol. The van der Waals surface area contributed by atoms with Crippen molar-refractivity contribution in [3.8, 4) is 0 Å². The second-order valence-corrected chi connectivity index (χ2v) is 22.8. The normalized spacial score (nSPS) is 28.5. The van der Waals surface area contributed by atoms with Crippen LogP contribution < -0.4 is 22.5 Å². The third-order valence-electron chi connectivity index (χ3n) is 8.62. The number of hydrogen-bond donors (Lipinski definition) is 3. The number of aromatic nitrogens is 2. The first kappa shape index (κ1) is 29.9. The molecular formula is C24H44N4O7Si2. The Labute approximate surface area is 220 Å². The Bertz CT molecular complexity index is 1150. The van der Waals surface area contributed by atoms with E-state index in [1.165, 1.54) is 10.8 Å². The van der Waals surface area contributed by atoms with Gasteiger partial charge in [0.25, 0.3) is 11.5 Å². The average Bonchev–Trinajstić information content (AvgIpc) is 3.42. The van der Waals surface area contributed by atoms with E-state index < -0.39 is 63.9 Å². The smallest absolute Gasteiger partial charge is 0.330 e. The van der Waals surface area contributed by atoms with Crippen molar-refractivity contribution in [2.45, 2.75) is 115 Å². The van der Waals surface area contributed by atoms with E-state index in [4.69, 9.17) is 24.2 Å². The van der Waals surface area contributed by atoms with Crippen LogP contribution in [0.4, 0.5) is 0 Å². The molecule has 1 aromatic heterocycles. The molecule has 11 nitrogen and oxygen atoms in total. The molecular weight excluding hydrogens is 512 g/mol. The van der Waals surface area contributed by atoms with E-state index in [1.807, 2.05) is 0 Å². The highest BCUT2D eigenvalue weighted by molar-refractivity contribution is 6.74. The number of nitrogens with two attached hydrogens (primary N) is 1. The summed E-state index contributed by atoms with van der Waals surface area (Å²) in [6.07, 6.45) is -1.99. The number of nitrogens with one attached hydrogen (secondary N) is 2. The number of carbonyl (C=O) groups is 1. The molecule has 4 N–H and O–H groups in total. The van der Waals surface area contributed by atoms with E-state index in [0.29, 0.717) is 5.56 Å². The molecule has 3 rings (SSSR count). The van der Waals surface area contributed by atoms with E-state index in [9.17, 15) is 14.4 Å². The second-order valence-electron chi connectivity index (χ2n) is 13.2. The zero-order valence-electron chi connectivity index (χ0n) is 24.0. The van der Waals surface area contributed by atoms with Gasteiger partial charge in [-0.3, -0.25) is 24.6 Å². The number of nitrogens with zero attached hydrogens (tertiary/aromatic N) is 1. The molecule has 0 aliphatic carbocycles. The molecule has 210 valence electrons. The van der Waals surface area contributed by atoms with E-state index >= 15 is 0 Å². The summed E-state index contributed by atoms with van der Waals surface area (Å²) < 4.78 is 27.3. The Morgan fingerprint density at radius 3 is 2.22 bits per heavy atom. The molecule has 0 aromatic carbocycles. The topological polar surface area (TPSA) is 150 Å². The van der Waals surface area contributed by atoms with Gasteiger partial charge in [-0.15, -0.1) is 0 Å². The number of ether oxygens (including phenoxy) is 2. The molecule has 1 unspecified atom stereocenters. The van der Waals surface area contributed by atoms with Gasteiger partial charge in [0.15, 0.2) is 34.6 Å². The molecule has 1 amide bonds. The fourth-order valence-corrected chi connectivity index (χ4v) is 6.31. The monoisotopic (exact) mass is 556 g/mol. The lowest BCUT2D eigenvalue weighted by Crippen LogP contribution is -2.54. The highest BCUT2D eigenvalue weighted by Gasteiger charge is 2.77. The van der Waals surface area contributed by atoms with Gasteiger partial charge in [-0.05, 0) is 43.2 Å². The fourth-order valence-electron chi connectivity index (χ4n) is 4.02. The van der Waals surface area contributed by atoms with Crippen LogP contribution in [0.1, 0.15) is 53.3 Å². The highest BCUT2D eigenvalue weighted by atomic mass is 28.4. The van der Waals surface area contributed by atoms with Crippen LogP contribution in [0, 0.1) is 6.92 Å². The van der Waals surface area contributed by atoms with Crippen molar-refractivity contribution in [2.24, 2.45) is 5.84 Å². The van der Waals surface area contributed by atoms with Gasteiger partial charge in [-0.25, -0.2) is 10.6 Å². The Hall–Kier alpha value is -1.62. The van der Waals surface area contributed by atoms with E-state index in [-0.39, 0.29) is 16.7 Å². The summed E-state index contributed by atoms with van der Waals surface area (Å²) in [6.45, 7) is 22.9. The molecule has 1 spiro atoms. The zero-order chi connectivity index (χ0) is 28.4. The van der Waals surface area contributed by atoms with Gasteiger partial charge in [-0.2, -0.15) is 0 Å². The molecule has 5 atom stereocenters. The van der Waals surface area contributed by atoms with Crippen molar-refractivity contribution in [1.29, 1.82) is 0 Å². The van der Waals surface area contributed by atoms with Crippen LogP contribution in [0.5, 0.6) is 0 Å². The summed E-state index contributed by atoms with van der Waals surface area (Å²) in [5.41, 5.74) is 0.203. The zero-order valence-corrected chi connectivity index (χ0v) is 26.0. The number of hydrogen-bond acceptors (Lipinski definition) is 8. The standard InChI is InChI=1S/C24H44N4O7Si2/c1-14-12-28(21(31)26-18(14)29)20-17(35-37(10,11)23(5,6)7)24(16(34-24)19(30)27-25)15(33-20)13-32-36(8,9)22(2,3)4/h12,15-17,20H,13,25H2,1-11H3,(H,27,30)(H,26,29,31)/t15-,16+,17+,20-,24?/m1/s1. The molecule has 3 heterocycles. The van der Waals surface area contributed by atoms with Gasteiger partial charge in [0.1, 0.15) is 12.2 Å². The molecule has 37 heavy (non-hydrogen) atoms. The first-order valence-electron chi connectivity index (χ1n) is 12.7. The third kappa shape index (κ3) is 5.31. The third-order valence-corrected chi connectivity index (χ3v) is 17.6. The largest absolute Gasteiger partial charge is 0.414 e. The van der Waals surface area contributed by atoms with Crippen molar-refractivity contribution in [3.05, 3.63) is 32.6 Å². The number of carbonyl (C=O) groups excluding carboxylic acids is 1. The van der Waals surface area contributed by atoms with Crippen LogP contribution in [-0.2, 0) is 23.1 Å². The summed E-state index contributed by atoms with van der Waals surface area (Å²) in [5, 5.41) is -0.235. The van der Waals surface area contributed by atoms with Gasteiger partial charge >= 0.3 is 5.69 Å². The quantitative estimate of drug-likeness (QED) is 0.152. The van der Waals surface area contributed by atoms with Crippen LogP contribution in [-0.4, -0.2) is 62.6 Å². The molecule has 2 aliphatic heterocycles. The predicted octanol–water partition coefficient (Wildman–Crippen LogP) is 2.28. The number of epoxide rings is 1. The van der Waals surface area contributed by atoms with Crippen molar-refractivity contribution < 1.29 is 23.1 Å². The lowest BCUT2D eigenvalue weighted by atomic mass is 9.93. The first-order chi connectivity index (χ1) is 16.7. The van der Waals surface area contributed by atoms with E-state index in [2.05, 4.69) is 78.1 Å². The minimum atomic E-state index is -2.47. The van der Waals surface area contributed by atoms with E-state index in [1.54, 1.807) is 6.92 Å². The summed E-state index contributed by atoms with van der Waals surface area (Å²) >= 11 is 0. The number of aryl methyl sites for hydroxylation is 1. The van der Waals surface area contributed by atoms with Gasteiger partial charge in [0.05, 0.1) is 6.61 Å². The summed E-state index contributed by atoms with van der Waals surface area (Å²) in [6, 6.07) is 0. The number of rotatable bonds is 7. The molecule has 2 fully saturated rings. The Balaban J connectivity index is 2.13. The molecule has 0 radical (unpaired) electrons. The minimum Gasteiger partial charge on any atom is -0.414 e. The molecule has 0 saturated carbocycles. The van der Waals surface area contributed by atoms with Crippen LogP contribution in [0.2, 0.25) is 36.3 Å². The molecule has 13 heteroatoms. The maximum Gasteiger partial charge on any atom is 0.330 e. The SMILES string of the molecule is Cc1cn([C@@H]2O[C@H](CO[Si](C)(C)C(C)(C)C)C3(O[C@H]3C(=O)NN)[C@H]2O[Si](C)(C)C(C)(C)C)c(=O)[nH]c1=O. The highest BCUT2D eigenvalue weighted by Crippen LogP contribution is 2.56. The summed E-state index contributed by atoms with van der Waals surface area (Å²) in [5.74, 6) is 4.98.